The van der Waals surface area contributed by atoms with E-state index in [9.17, 15) is 4.79 Å². The standard InChI is InChI=1S/C14H15ClN2O2/c1-3-11(9(2)18)14-16-13(17-19-14)8-10-6-4-5-7-12(10)15/h4-7,11H,3,8H2,1-2H3. The number of hydrogen-bond donors (Lipinski definition) is 0. The Morgan fingerprint density at radius 1 is 1.42 bits per heavy atom. The van der Waals surface area contributed by atoms with Crippen LogP contribution in [-0.4, -0.2) is 15.9 Å². The van der Waals surface area contributed by atoms with Crippen LogP contribution in [0.25, 0.3) is 0 Å². The lowest BCUT2D eigenvalue weighted by molar-refractivity contribution is -0.119. The summed E-state index contributed by atoms with van der Waals surface area (Å²) in [5, 5.41) is 4.58. The fourth-order valence-electron chi connectivity index (χ4n) is 1.93. The topological polar surface area (TPSA) is 56.0 Å². The number of carbonyl (C=O) groups is 1. The maximum Gasteiger partial charge on any atom is 0.237 e. The SMILES string of the molecule is CCC(C(C)=O)c1nc(Cc2ccccc2Cl)no1. The summed E-state index contributed by atoms with van der Waals surface area (Å²) in [6.07, 6.45) is 1.15. The molecule has 0 spiro atoms. The van der Waals surface area contributed by atoms with Gasteiger partial charge in [0.15, 0.2) is 5.82 Å². The minimum absolute atomic E-state index is 0.0374. The van der Waals surface area contributed by atoms with Crippen LogP contribution >= 0.6 is 11.6 Å². The van der Waals surface area contributed by atoms with Crippen molar-refractivity contribution in [2.45, 2.75) is 32.6 Å². The van der Waals surface area contributed by atoms with Gasteiger partial charge in [-0.1, -0.05) is 41.9 Å². The molecule has 0 saturated heterocycles. The molecule has 5 heteroatoms. The van der Waals surface area contributed by atoms with E-state index in [1.54, 1.807) is 0 Å². The highest BCUT2D eigenvalue weighted by Gasteiger charge is 2.21. The molecule has 2 rings (SSSR count). The van der Waals surface area contributed by atoms with E-state index in [0.29, 0.717) is 29.6 Å². The van der Waals surface area contributed by atoms with Gasteiger partial charge >= 0.3 is 0 Å². The van der Waals surface area contributed by atoms with Gasteiger partial charge in [-0.05, 0) is 25.0 Å². The highest BCUT2D eigenvalue weighted by molar-refractivity contribution is 6.31. The zero-order valence-electron chi connectivity index (χ0n) is 10.9. The normalized spacial score (nSPS) is 12.4. The summed E-state index contributed by atoms with van der Waals surface area (Å²) < 4.78 is 5.17. The van der Waals surface area contributed by atoms with E-state index in [1.807, 2.05) is 31.2 Å². The van der Waals surface area contributed by atoms with E-state index >= 15 is 0 Å². The third kappa shape index (κ3) is 3.20. The molecule has 0 aliphatic heterocycles. The van der Waals surface area contributed by atoms with Crippen molar-refractivity contribution in [1.82, 2.24) is 10.1 Å². The first-order valence-corrected chi connectivity index (χ1v) is 6.56. The molecule has 0 N–H and O–H groups in total. The molecule has 19 heavy (non-hydrogen) atoms. The summed E-state index contributed by atoms with van der Waals surface area (Å²) in [4.78, 5) is 15.7. The zero-order valence-corrected chi connectivity index (χ0v) is 11.6. The first-order chi connectivity index (χ1) is 9.11. The van der Waals surface area contributed by atoms with E-state index < -0.39 is 0 Å². The second-order valence-electron chi connectivity index (χ2n) is 4.39. The summed E-state index contributed by atoms with van der Waals surface area (Å²) in [5.41, 5.74) is 0.937. The fourth-order valence-corrected chi connectivity index (χ4v) is 2.13. The average molecular weight is 279 g/mol. The molecule has 1 heterocycles. The third-order valence-electron chi connectivity index (χ3n) is 2.99. The molecule has 0 aliphatic carbocycles. The van der Waals surface area contributed by atoms with Crippen molar-refractivity contribution in [3.63, 3.8) is 0 Å². The van der Waals surface area contributed by atoms with Gasteiger partial charge in [0.05, 0.1) is 5.92 Å². The predicted molar refractivity (Wildman–Crippen MR) is 72.3 cm³/mol. The highest BCUT2D eigenvalue weighted by atomic mass is 35.5. The lowest BCUT2D eigenvalue weighted by Gasteiger charge is -2.03. The Bertz CT molecular complexity index is 580. The van der Waals surface area contributed by atoms with Crippen LogP contribution in [0.1, 0.15) is 43.5 Å². The first-order valence-electron chi connectivity index (χ1n) is 6.18. The molecule has 0 radical (unpaired) electrons. The summed E-state index contributed by atoms with van der Waals surface area (Å²) in [6.45, 7) is 3.45. The molecule has 1 aromatic carbocycles. The van der Waals surface area contributed by atoms with Crippen LogP contribution < -0.4 is 0 Å². The average Bonchev–Trinajstić information content (AvgIpc) is 2.81. The lowest BCUT2D eigenvalue weighted by atomic mass is 10.0. The van der Waals surface area contributed by atoms with Crippen LogP contribution in [0.5, 0.6) is 0 Å². The molecule has 0 saturated carbocycles. The van der Waals surface area contributed by atoms with Crippen molar-refractivity contribution in [3.05, 3.63) is 46.6 Å². The Morgan fingerprint density at radius 3 is 2.79 bits per heavy atom. The maximum absolute atomic E-state index is 11.4. The number of carbonyl (C=O) groups excluding carboxylic acids is 1. The molecule has 4 nitrogen and oxygen atoms in total. The Kier molecular flexibility index (Phi) is 4.32. The van der Waals surface area contributed by atoms with Crippen molar-refractivity contribution in [2.75, 3.05) is 0 Å². The van der Waals surface area contributed by atoms with Crippen LogP contribution in [-0.2, 0) is 11.2 Å². The highest BCUT2D eigenvalue weighted by Crippen LogP contribution is 2.21. The first kappa shape index (κ1) is 13.7. The minimum atomic E-state index is -0.313. The smallest absolute Gasteiger partial charge is 0.237 e. The van der Waals surface area contributed by atoms with Gasteiger partial charge in [-0.2, -0.15) is 4.98 Å². The molecule has 0 amide bonds. The fraction of sp³-hybridized carbons (Fsp3) is 0.357. The van der Waals surface area contributed by atoms with E-state index in [4.69, 9.17) is 16.1 Å². The lowest BCUT2D eigenvalue weighted by Crippen LogP contribution is -2.08. The van der Waals surface area contributed by atoms with Crippen LogP contribution in [0.4, 0.5) is 0 Å². The number of ketones is 1. The Labute approximate surface area is 116 Å². The quantitative estimate of drug-likeness (QED) is 0.841. The number of benzene rings is 1. The van der Waals surface area contributed by atoms with Gasteiger partial charge in [0.2, 0.25) is 5.89 Å². The maximum atomic E-state index is 11.4. The van der Waals surface area contributed by atoms with E-state index in [1.165, 1.54) is 6.92 Å². The van der Waals surface area contributed by atoms with Crippen LogP contribution in [0.2, 0.25) is 5.02 Å². The second-order valence-corrected chi connectivity index (χ2v) is 4.80. The summed E-state index contributed by atoms with van der Waals surface area (Å²) in [7, 11) is 0. The molecule has 100 valence electrons. The zero-order chi connectivity index (χ0) is 13.8. The molecule has 0 fully saturated rings. The molecule has 2 aromatic rings. The number of Topliss-reactive ketones (excluding diaryl/α,β-unsaturated/α-hetero) is 1. The van der Waals surface area contributed by atoms with E-state index in [0.717, 1.165) is 5.56 Å². The molecule has 0 bridgehead atoms. The van der Waals surface area contributed by atoms with E-state index in [2.05, 4.69) is 10.1 Å². The van der Waals surface area contributed by atoms with Crippen molar-refractivity contribution >= 4 is 17.4 Å². The van der Waals surface area contributed by atoms with Gasteiger partial charge in [-0.25, -0.2) is 0 Å². The largest absolute Gasteiger partial charge is 0.339 e. The Morgan fingerprint density at radius 2 is 2.16 bits per heavy atom. The van der Waals surface area contributed by atoms with Crippen molar-refractivity contribution in [1.29, 1.82) is 0 Å². The van der Waals surface area contributed by atoms with E-state index in [-0.39, 0.29) is 11.7 Å². The molecular formula is C14H15ClN2O2. The Balaban J connectivity index is 2.18. The van der Waals surface area contributed by atoms with Crippen molar-refractivity contribution in [3.8, 4) is 0 Å². The predicted octanol–water partition coefficient (Wildman–Crippen LogP) is 3.40. The van der Waals surface area contributed by atoms with Gasteiger partial charge < -0.3 is 4.52 Å². The molecule has 0 aliphatic rings. The number of halogens is 1. The van der Waals surface area contributed by atoms with Gasteiger partial charge in [-0.15, -0.1) is 0 Å². The monoisotopic (exact) mass is 278 g/mol. The van der Waals surface area contributed by atoms with Crippen LogP contribution in [0.15, 0.2) is 28.8 Å². The number of hydrogen-bond acceptors (Lipinski definition) is 4. The number of aromatic nitrogens is 2. The molecule has 1 unspecified atom stereocenters. The second kappa shape index (κ2) is 5.97. The summed E-state index contributed by atoms with van der Waals surface area (Å²) in [6, 6.07) is 7.52. The van der Waals surface area contributed by atoms with Crippen molar-refractivity contribution in [2.24, 2.45) is 0 Å². The van der Waals surface area contributed by atoms with Crippen molar-refractivity contribution < 1.29 is 9.32 Å². The molecule has 1 aromatic heterocycles. The van der Waals surface area contributed by atoms with Gasteiger partial charge in [-0.3, -0.25) is 4.79 Å². The van der Waals surface area contributed by atoms with Crippen LogP contribution in [0, 0.1) is 0 Å². The minimum Gasteiger partial charge on any atom is -0.339 e. The third-order valence-corrected chi connectivity index (χ3v) is 3.36. The molecular weight excluding hydrogens is 264 g/mol. The summed E-state index contributed by atoms with van der Waals surface area (Å²) in [5.74, 6) is 0.655. The number of nitrogens with zero attached hydrogens (tertiary/aromatic N) is 2. The van der Waals surface area contributed by atoms with Gasteiger partial charge in [0.25, 0.3) is 0 Å². The number of rotatable bonds is 5. The Hall–Kier alpha value is -1.68. The van der Waals surface area contributed by atoms with Crippen LogP contribution in [0.3, 0.4) is 0 Å². The summed E-state index contributed by atoms with van der Waals surface area (Å²) >= 11 is 6.08. The van der Waals surface area contributed by atoms with Gasteiger partial charge in [0.1, 0.15) is 5.78 Å². The molecule has 1 atom stereocenters. The van der Waals surface area contributed by atoms with Gasteiger partial charge in [0, 0.05) is 11.4 Å².